The van der Waals surface area contributed by atoms with Gasteiger partial charge < -0.3 is 16.8 Å². The van der Waals surface area contributed by atoms with Crippen LogP contribution in [0.5, 0.6) is 0 Å². The van der Waals surface area contributed by atoms with Gasteiger partial charge in [0.05, 0.1) is 5.69 Å². The summed E-state index contributed by atoms with van der Waals surface area (Å²) in [6, 6.07) is 19.0. The van der Waals surface area contributed by atoms with E-state index in [-0.39, 0.29) is 23.6 Å². The Morgan fingerprint density at radius 2 is 1.55 bits per heavy atom. The average Bonchev–Trinajstić information content (AvgIpc) is 2.91. The fourth-order valence-corrected chi connectivity index (χ4v) is 4.11. The van der Waals surface area contributed by atoms with Crippen molar-refractivity contribution in [2.75, 3.05) is 11.9 Å². The number of hydrogen-bond acceptors (Lipinski definition) is 6. The van der Waals surface area contributed by atoms with Crippen molar-refractivity contribution >= 4 is 51.5 Å². The summed E-state index contributed by atoms with van der Waals surface area (Å²) in [6.45, 7) is 1.49. The van der Waals surface area contributed by atoms with Crippen LogP contribution in [0.15, 0.2) is 71.7 Å². The minimum absolute atomic E-state index is 0.00780. The van der Waals surface area contributed by atoms with Crippen molar-refractivity contribution in [2.24, 2.45) is 22.4 Å². The Hall–Kier alpha value is -4.66. The van der Waals surface area contributed by atoms with Crippen LogP contribution in [0, 0.1) is 5.92 Å². The lowest BCUT2D eigenvalue weighted by atomic mass is 9.88. The Morgan fingerprint density at radius 3 is 2.26 bits per heavy atom. The zero-order chi connectivity index (χ0) is 27.7. The van der Waals surface area contributed by atoms with Crippen LogP contribution >= 0.6 is 0 Å². The van der Waals surface area contributed by atoms with Crippen molar-refractivity contribution < 1.29 is 24.0 Å². The number of ketones is 4. The van der Waals surface area contributed by atoms with Gasteiger partial charge in [0.25, 0.3) is 5.91 Å². The zero-order valence-electron chi connectivity index (χ0n) is 21.1. The van der Waals surface area contributed by atoms with E-state index in [4.69, 9.17) is 11.5 Å². The number of nitrogens with two attached hydrogens (primary N) is 2. The predicted octanol–water partition coefficient (Wildman–Crippen LogP) is 3.45. The summed E-state index contributed by atoms with van der Waals surface area (Å²) in [7, 11) is 0. The van der Waals surface area contributed by atoms with Crippen molar-refractivity contribution in [3.05, 3.63) is 77.9 Å². The van der Waals surface area contributed by atoms with E-state index in [2.05, 4.69) is 10.3 Å². The molecular weight excluding hydrogens is 484 g/mol. The summed E-state index contributed by atoms with van der Waals surface area (Å²) < 4.78 is 0. The zero-order valence-corrected chi connectivity index (χ0v) is 21.1. The third-order valence-electron chi connectivity index (χ3n) is 6.09. The number of carbonyl (C=O) groups is 5. The van der Waals surface area contributed by atoms with Gasteiger partial charge in [-0.05, 0) is 47.9 Å². The van der Waals surface area contributed by atoms with Gasteiger partial charge in [-0.15, -0.1) is 0 Å². The maximum atomic E-state index is 13.1. The van der Waals surface area contributed by atoms with Crippen molar-refractivity contribution in [1.29, 1.82) is 0 Å². The highest BCUT2D eigenvalue weighted by Crippen LogP contribution is 2.22. The normalized spacial score (nSPS) is 11.4. The number of benzene rings is 3. The molecule has 196 valence electrons. The highest BCUT2D eigenvalue weighted by atomic mass is 16.2. The molecule has 0 aliphatic carbocycles. The molecule has 0 aromatic heterocycles. The number of nitrogens with one attached hydrogen (secondary N) is 1. The summed E-state index contributed by atoms with van der Waals surface area (Å²) in [5.41, 5.74) is 11.2. The van der Waals surface area contributed by atoms with Gasteiger partial charge in [0.1, 0.15) is 0 Å². The Balaban J connectivity index is 1.73. The largest absolute Gasteiger partial charge is 0.370 e. The number of hydrogen-bond donors (Lipinski definition) is 3. The molecule has 3 aromatic rings. The highest BCUT2D eigenvalue weighted by Gasteiger charge is 2.29. The molecule has 0 fully saturated rings. The number of guanidine groups is 1. The molecule has 0 aliphatic rings. The van der Waals surface area contributed by atoms with Gasteiger partial charge in [0.15, 0.2) is 11.7 Å². The fraction of sp³-hybridized carbons (Fsp3) is 0.241. The maximum Gasteiger partial charge on any atom is 0.255 e. The first kappa shape index (κ1) is 27.9. The van der Waals surface area contributed by atoms with Crippen molar-refractivity contribution in [1.82, 2.24) is 0 Å². The summed E-state index contributed by atoms with van der Waals surface area (Å²) in [4.78, 5) is 67.0. The number of aliphatic imine (C=N–C) groups is 1. The highest BCUT2D eigenvalue weighted by molar-refractivity contribution is 6.46. The SMILES string of the molecule is CC(=O)C(=O)C(CCCCN=C(N)N)CC(=O)C(=O)c1ccccc1NC(=O)c1ccc2ccccc2c1. The lowest BCUT2D eigenvalue weighted by Gasteiger charge is -2.14. The third kappa shape index (κ3) is 7.42. The molecule has 0 heterocycles. The number of fused-ring (bicyclic) bond motifs is 1. The van der Waals surface area contributed by atoms with E-state index in [1.54, 1.807) is 24.3 Å². The lowest BCUT2D eigenvalue weighted by molar-refractivity contribution is -0.138. The molecule has 1 atom stereocenters. The molecule has 0 radical (unpaired) electrons. The molecule has 0 saturated carbocycles. The number of carbonyl (C=O) groups excluding carboxylic acids is 5. The minimum atomic E-state index is -0.928. The van der Waals surface area contributed by atoms with Gasteiger partial charge in [0, 0.05) is 36.9 Å². The van der Waals surface area contributed by atoms with Crippen molar-refractivity contribution in [2.45, 2.75) is 32.6 Å². The van der Waals surface area contributed by atoms with Crippen LogP contribution in [0.2, 0.25) is 0 Å². The maximum absolute atomic E-state index is 13.1. The molecule has 5 N–H and O–H groups in total. The number of Topliss-reactive ketones (excluding diaryl/α,β-unsaturated/α-hetero) is 4. The smallest absolute Gasteiger partial charge is 0.255 e. The summed E-state index contributed by atoms with van der Waals surface area (Å²) in [5.74, 6) is -4.46. The number of para-hydroxylation sites is 1. The number of nitrogens with zero attached hydrogens (tertiary/aromatic N) is 1. The van der Waals surface area contributed by atoms with Crippen LogP contribution < -0.4 is 16.8 Å². The second kappa shape index (κ2) is 13.0. The number of anilines is 1. The Bertz CT molecular complexity index is 1410. The van der Waals surface area contributed by atoms with Gasteiger partial charge in [-0.3, -0.25) is 29.0 Å². The van der Waals surface area contributed by atoms with Crippen LogP contribution in [0.3, 0.4) is 0 Å². The molecule has 3 rings (SSSR count). The Labute approximate surface area is 220 Å². The molecule has 0 saturated heterocycles. The van der Waals surface area contributed by atoms with Gasteiger partial charge >= 0.3 is 0 Å². The fourth-order valence-electron chi connectivity index (χ4n) is 4.11. The molecule has 1 amide bonds. The molecule has 0 spiro atoms. The second-order valence-corrected chi connectivity index (χ2v) is 8.94. The van der Waals surface area contributed by atoms with Gasteiger partial charge in [-0.25, -0.2) is 0 Å². The molecule has 38 heavy (non-hydrogen) atoms. The molecule has 1 unspecified atom stereocenters. The van der Waals surface area contributed by atoms with E-state index in [0.717, 1.165) is 17.7 Å². The Morgan fingerprint density at radius 1 is 0.868 bits per heavy atom. The molecule has 0 bridgehead atoms. The summed E-state index contributed by atoms with van der Waals surface area (Å²) in [5, 5.41) is 4.58. The van der Waals surface area contributed by atoms with Gasteiger partial charge in [0.2, 0.25) is 17.3 Å². The molecule has 3 aromatic carbocycles. The number of rotatable bonds is 13. The van der Waals surface area contributed by atoms with Gasteiger partial charge in [-0.2, -0.15) is 0 Å². The van der Waals surface area contributed by atoms with Crippen molar-refractivity contribution in [3.63, 3.8) is 0 Å². The predicted molar refractivity (Wildman–Crippen MR) is 146 cm³/mol. The van der Waals surface area contributed by atoms with Crippen LogP contribution in [0.4, 0.5) is 5.69 Å². The van der Waals surface area contributed by atoms with Gasteiger partial charge in [-0.1, -0.05) is 48.9 Å². The van der Waals surface area contributed by atoms with Crippen LogP contribution in [-0.4, -0.2) is 41.5 Å². The number of amides is 1. The molecule has 9 nitrogen and oxygen atoms in total. The quantitative estimate of drug-likeness (QED) is 0.103. The molecule has 0 aliphatic heterocycles. The van der Waals surface area contributed by atoms with Crippen LogP contribution in [-0.2, 0) is 14.4 Å². The topological polar surface area (TPSA) is 162 Å². The van der Waals surface area contributed by atoms with E-state index < -0.39 is 41.4 Å². The first-order chi connectivity index (χ1) is 18.2. The van der Waals surface area contributed by atoms with E-state index in [1.165, 1.54) is 12.1 Å². The van der Waals surface area contributed by atoms with Crippen molar-refractivity contribution in [3.8, 4) is 0 Å². The third-order valence-corrected chi connectivity index (χ3v) is 6.09. The summed E-state index contributed by atoms with van der Waals surface area (Å²) in [6.07, 6.45) is 0.857. The van der Waals surface area contributed by atoms with E-state index in [0.29, 0.717) is 24.9 Å². The average molecular weight is 515 g/mol. The summed E-state index contributed by atoms with van der Waals surface area (Å²) >= 11 is 0. The first-order valence-electron chi connectivity index (χ1n) is 12.2. The van der Waals surface area contributed by atoms with E-state index in [9.17, 15) is 24.0 Å². The van der Waals surface area contributed by atoms with E-state index >= 15 is 0 Å². The first-order valence-corrected chi connectivity index (χ1v) is 12.2. The van der Waals surface area contributed by atoms with Crippen LogP contribution in [0.25, 0.3) is 10.8 Å². The minimum Gasteiger partial charge on any atom is -0.370 e. The Kier molecular flexibility index (Phi) is 9.59. The number of unbranched alkanes of at least 4 members (excludes halogenated alkanes) is 1. The monoisotopic (exact) mass is 514 g/mol. The van der Waals surface area contributed by atoms with Crippen LogP contribution in [0.1, 0.15) is 53.3 Å². The standard InChI is InChI=1S/C29H30N4O5/c1-18(34)26(36)21(10-6-7-15-32-29(30)31)17-25(35)27(37)23-11-4-5-12-24(23)33-28(38)22-14-13-19-8-2-3-9-20(19)16-22/h2-5,8-9,11-14,16,21H,6-7,10,15,17H2,1H3,(H,33,38)(H4,30,31,32). The lowest BCUT2D eigenvalue weighted by Crippen LogP contribution is -2.28. The molecule has 9 heteroatoms. The second-order valence-electron chi connectivity index (χ2n) is 8.94. The molecular formula is C29H30N4O5. The van der Waals surface area contributed by atoms with E-state index in [1.807, 2.05) is 30.3 Å².